The van der Waals surface area contributed by atoms with E-state index in [1.54, 1.807) is 17.4 Å². The largest absolute Gasteiger partial charge is 0.378 e. The standard InChI is InChI=1S/C13H12BrFN2OS/c1-8(18)17-10-2-3-12(15)13(5-10)16-6-11-4-9(14)7-19-11/h2-5,7,16H,6H2,1H3,(H,17,18). The summed E-state index contributed by atoms with van der Waals surface area (Å²) in [6, 6.07) is 6.42. The van der Waals surface area contributed by atoms with E-state index in [4.69, 9.17) is 0 Å². The lowest BCUT2D eigenvalue weighted by molar-refractivity contribution is -0.114. The van der Waals surface area contributed by atoms with Crippen molar-refractivity contribution in [2.24, 2.45) is 0 Å². The molecule has 1 aromatic carbocycles. The molecule has 0 spiro atoms. The quantitative estimate of drug-likeness (QED) is 0.873. The smallest absolute Gasteiger partial charge is 0.221 e. The maximum absolute atomic E-state index is 13.6. The van der Waals surface area contributed by atoms with Crippen molar-refractivity contribution in [1.29, 1.82) is 0 Å². The van der Waals surface area contributed by atoms with Crippen LogP contribution in [0.5, 0.6) is 0 Å². The van der Waals surface area contributed by atoms with Gasteiger partial charge in [-0.15, -0.1) is 11.3 Å². The van der Waals surface area contributed by atoms with Gasteiger partial charge in [-0.3, -0.25) is 4.79 Å². The lowest BCUT2D eigenvalue weighted by Gasteiger charge is -2.09. The number of halogens is 2. The molecule has 2 N–H and O–H groups in total. The van der Waals surface area contributed by atoms with E-state index in [0.717, 1.165) is 9.35 Å². The van der Waals surface area contributed by atoms with Crippen LogP contribution >= 0.6 is 27.3 Å². The molecule has 100 valence electrons. The first kappa shape index (κ1) is 14.0. The van der Waals surface area contributed by atoms with Crippen LogP contribution in [0.3, 0.4) is 0 Å². The van der Waals surface area contributed by atoms with E-state index < -0.39 is 0 Å². The first-order valence-corrected chi connectivity index (χ1v) is 7.26. The molecule has 0 saturated heterocycles. The topological polar surface area (TPSA) is 41.1 Å². The molecule has 0 aliphatic rings. The lowest BCUT2D eigenvalue weighted by atomic mass is 10.2. The van der Waals surface area contributed by atoms with Crippen molar-refractivity contribution in [2.75, 3.05) is 10.6 Å². The van der Waals surface area contributed by atoms with Crippen LogP contribution in [0.4, 0.5) is 15.8 Å². The third-order valence-electron chi connectivity index (χ3n) is 2.36. The molecule has 1 amide bonds. The van der Waals surface area contributed by atoms with Crippen LogP contribution in [0, 0.1) is 5.82 Å². The lowest BCUT2D eigenvalue weighted by Crippen LogP contribution is -2.07. The number of hydrogen-bond acceptors (Lipinski definition) is 3. The van der Waals surface area contributed by atoms with E-state index in [2.05, 4.69) is 26.6 Å². The second-order valence-electron chi connectivity index (χ2n) is 3.96. The highest BCUT2D eigenvalue weighted by Crippen LogP contribution is 2.23. The molecule has 0 aliphatic heterocycles. The number of carbonyl (C=O) groups excluding carboxylic acids is 1. The number of benzene rings is 1. The Hall–Kier alpha value is -1.40. The van der Waals surface area contributed by atoms with Crippen molar-refractivity contribution in [3.05, 3.63) is 44.8 Å². The van der Waals surface area contributed by atoms with Gasteiger partial charge in [-0.1, -0.05) is 0 Å². The average molecular weight is 343 g/mol. The number of anilines is 2. The average Bonchev–Trinajstić information content (AvgIpc) is 2.75. The van der Waals surface area contributed by atoms with Gasteiger partial charge in [-0.2, -0.15) is 0 Å². The molecule has 19 heavy (non-hydrogen) atoms. The first-order chi connectivity index (χ1) is 9.04. The Balaban J connectivity index is 2.08. The van der Waals surface area contributed by atoms with Gasteiger partial charge in [-0.05, 0) is 40.2 Å². The fraction of sp³-hybridized carbons (Fsp3) is 0.154. The molecule has 1 aromatic heterocycles. The molecule has 0 bridgehead atoms. The van der Waals surface area contributed by atoms with Gasteiger partial charge in [0.05, 0.1) is 5.69 Å². The Kier molecular flexibility index (Phi) is 4.55. The summed E-state index contributed by atoms with van der Waals surface area (Å²) in [6.07, 6.45) is 0. The van der Waals surface area contributed by atoms with E-state index in [1.165, 1.54) is 19.1 Å². The summed E-state index contributed by atoms with van der Waals surface area (Å²) in [5.74, 6) is -0.524. The van der Waals surface area contributed by atoms with Gasteiger partial charge >= 0.3 is 0 Å². The second kappa shape index (κ2) is 6.16. The normalized spacial score (nSPS) is 10.3. The van der Waals surface area contributed by atoms with Crippen molar-refractivity contribution < 1.29 is 9.18 Å². The Morgan fingerprint density at radius 3 is 2.84 bits per heavy atom. The third-order valence-corrected chi connectivity index (χ3v) is 4.06. The van der Waals surface area contributed by atoms with Gasteiger partial charge < -0.3 is 10.6 Å². The monoisotopic (exact) mass is 342 g/mol. The van der Waals surface area contributed by atoms with Crippen molar-refractivity contribution in [1.82, 2.24) is 0 Å². The van der Waals surface area contributed by atoms with Crippen LogP contribution in [0.25, 0.3) is 0 Å². The fourth-order valence-electron chi connectivity index (χ4n) is 1.57. The predicted molar refractivity (Wildman–Crippen MR) is 80.0 cm³/mol. The molecule has 3 nitrogen and oxygen atoms in total. The van der Waals surface area contributed by atoms with Crippen molar-refractivity contribution in [3.63, 3.8) is 0 Å². The van der Waals surface area contributed by atoms with Gasteiger partial charge in [0.15, 0.2) is 0 Å². The first-order valence-electron chi connectivity index (χ1n) is 5.58. The second-order valence-corrected chi connectivity index (χ2v) is 5.87. The summed E-state index contributed by atoms with van der Waals surface area (Å²) < 4.78 is 14.6. The third kappa shape index (κ3) is 4.04. The van der Waals surface area contributed by atoms with Crippen LogP contribution in [0.15, 0.2) is 34.1 Å². The summed E-state index contributed by atoms with van der Waals surface area (Å²) in [4.78, 5) is 12.1. The molecular formula is C13H12BrFN2OS. The van der Waals surface area contributed by atoms with E-state index >= 15 is 0 Å². The molecule has 2 aromatic rings. The van der Waals surface area contributed by atoms with Crippen LogP contribution < -0.4 is 10.6 Å². The van der Waals surface area contributed by atoms with E-state index in [0.29, 0.717) is 17.9 Å². The summed E-state index contributed by atoms with van der Waals surface area (Å²) in [5, 5.41) is 7.62. The van der Waals surface area contributed by atoms with Gasteiger partial charge in [0.25, 0.3) is 0 Å². The summed E-state index contributed by atoms with van der Waals surface area (Å²) in [7, 11) is 0. The summed E-state index contributed by atoms with van der Waals surface area (Å²) in [6.45, 7) is 1.95. The maximum Gasteiger partial charge on any atom is 0.221 e. The van der Waals surface area contributed by atoms with Crippen molar-refractivity contribution >= 4 is 44.5 Å². The van der Waals surface area contributed by atoms with Crippen LogP contribution in [-0.4, -0.2) is 5.91 Å². The minimum absolute atomic E-state index is 0.181. The Morgan fingerprint density at radius 1 is 1.42 bits per heavy atom. The molecule has 0 saturated carbocycles. The Morgan fingerprint density at radius 2 is 2.21 bits per heavy atom. The van der Waals surface area contributed by atoms with Crippen molar-refractivity contribution in [2.45, 2.75) is 13.5 Å². The van der Waals surface area contributed by atoms with E-state index in [-0.39, 0.29) is 11.7 Å². The molecular weight excluding hydrogens is 331 g/mol. The van der Waals surface area contributed by atoms with Gasteiger partial charge in [0.1, 0.15) is 5.82 Å². The van der Waals surface area contributed by atoms with E-state index in [1.807, 2.05) is 11.4 Å². The predicted octanol–water partition coefficient (Wildman–Crippen LogP) is 4.22. The number of amides is 1. The highest BCUT2D eigenvalue weighted by Gasteiger charge is 2.05. The number of rotatable bonds is 4. The van der Waals surface area contributed by atoms with Crippen LogP contribution in [-0.2, 0) is 11.3 Å². The van der Waals surface area contributed by atoms with Gasteiger partial charge in [-0.25, -0.2) is 4.39 Å². The zero-order valence-electron chi connectivity index (χ0n) is 10.2. The van der Waals surface area contributed by atoms with E-state index in [9.17, 15) is 9.18 Å². The Bertz CT molecular complexity index is 600. The number of nitrogens with one attached hydrogen (secondary N) is 2. The molecule has 2 rings (SSSR count). The minimum atomic E-state index is -0.343. The highest BCUT2D eigenvalue weighted by atomic mass is 79.9. The highest BCUT2D eigenvalue weighted by molar-refractivity contribution is 9.10. The zero-order valence-corrected chi connectivity index (χ0v) is 12.6. The van der Waals surface area contributed by atoms with Gasteiger partial charge in [0.2, 0.25) is 5.91 Å². The van der Waals surface area contributed by atoms with Crippen LogP contribution in [0.1, 0.15) is 11.8 Å². The number of carbonyl (C=O) groups is 1. The van der Waals surface area contributed by atoms with Gasteiger partial charge in [0, 0.05) is 33.9 Å². The molecule has 1 heterocycles. The molecule has 0 unspecified atom stereocenters. The number of hydrogen-bond donors (Lipinski definition) is 2. The molecule has 0 fully saturated rings. The van der Waals surface area contributed by atoms with Crippen LogP contribution in [0.2, 0.25) is 0 Å². The molecule has 0 radical (unpaired) electrons. The minimum Gasteiger partial charge on any atom is -0.378 e. The molecule has 0 atom stereocenters. The molecule has 6 heteroatoms. The summed E-state index contributed by atoms with van der Waals surface area (Å²) >= 11 is 4.96. The zero-order chi connectivity index (χ0) is 13.8. The Labute approximate surface area is 123 Å². The SMILES string of the molecule is CC(=O)Nc1ccc(F)c(NCc2cc(Br)cs2)c1. The van der Waals surface area contributed by atoms with Crippen molar-refractivity contribution in [3.8, 4) is 0 Å². The maximum atomic E-state index is 13.6. The fourth-order valence-corrected chi connectivity index (χ4v) is 2.96. The molecule has 0 aliphatic carbocycles. The summed E-state index contributed by atoms with van der Waals surface area (Å²) in [5.41, 5.74) is 0.944. The number of thiophene rings is 1.